The Morgan fingerprint density at radius 3 is 2.05 bits per heavy atom. The van der Waals surface area contributed by atoms with Crippen molar-refractivity contribution in [2.75, 3.05) is 17.1 Å². The fraction of sp³-hybridized carbons (Fsp3) is 0.375. The van der Waals surface area contributed by atoms with Crippen LogP contribution < -0.4 is 9.62 Å². The highest BCUT2D eigenvalue weighted by atomic mass is 35.5. The average molecular weight is 633 g/mol. The van der Waals surface area contributed by atoms with Crippen molar-refractivity contribution in [3.8, 4) is 0 Å². The molecule has 0 saturated heterocycles. The largest absolute Gasteiger partial charge is 0.352 e. The van der Waals surface area contributed by atoms with Gasteiger partial charge in [-0.25, -0.2) is 8.42 Å². The number of amides is 2. The number of sulfonamides is 1. The fourth-order valence-electron chi connectivity index (χ4n) is 4.89. The van der Waals surface area contributed by atoms with Crippen LogP contribution in [0.3, 0.4) is 0 Å². The quantitative estimate of drug-likeness (QED) is 0.239. The Balaban J connectivity index is 1.94. The first-order valence-electron chi connectivity index (χ1n) is 13.9. The molecule has 0 aliphatic carbocycles. The van der Waals surface area contributed by atoms with Crippen LogP contribution in [0.4, 0.5) is 5.69 Å². The molecule has 42 heavy (non-hydrogen) atoms. The predicted molar refractivity (Wildman–Crippen MR) is 172 cm³/mol. The van der Waals surface area contributed by atoms with Crippen molar-refractivity contribution < 1.29 is 18.0 Å². The van der Waals surface area contributed by atoms with Crippen molar-refractivity contribution >= 4 is 50.7 Å². The van der Waals surface area contributed by atoms with Crippen LogP contribution in [0.25, 0.3) is 0 Å². The molecule has 3 aromatic rings. The molecule has 226 valence electrons. The Morgan fingerprint density at radius 1 is 0.905 bits per heavy atom. The zero-order chi connectivity index (χ0) is 31.0. The van der Waals surface area contributed by atoms with Gasteiger partial charge in [-0.2, -0.15) is 0 Å². The van der Waals surface area contributed by atoms with Crippen LogP contribution in [0.2, 0.25) is 10.0 Å². The standard InChI is InChI=1S/C32H39Cl2N3O4S/c1-22(2)35-32(39)30(20-25-11-7-6-8-12-25)36(21-27-28(33)13-9-14-29(27)34)31(38)15-10-16-37(42(5,40)41)26-18-23(3)17-24(4)19-26/h6-9,11-14,17-19,22,30H,10,15-16,20-21H2,1-5H3,(H,35,39)/t30-/m1/s1. The number of anilines is 1. The second-order valence-electron chi connectivity index (χ2n) is 10.9. The first-order chi connectivity index (χ1) is 19.8. The highest BCUT2D eigenvalue weighted by Crippen LogP contribution is 2.28. The summed E-state index contributed by atoms with van der Waals surface area (Å²) in [5, 5.41) is 3.73. The van der Waals surface area contributed by atoms with Gasteiger partial charge in [-0.15, -0.1) is 0 Å². The van der Waals surface area contributed by atoms with Gasteiger partial charge < -0.3 is 10.2 Å². The normalized spacial score (nSPS) is 12.2. The molecule has 10 heteroatoms. The Bertz CT molecular complexity index is 1460. The van der Waals surface area contributed by atoms with Gasteiger partial charge in [-0.3, -0.25) is 13.9 Å². The van der Waals surface area contributed by atoms with Crippen LogP contribution in [0, 0.1) is 13.8 Å². The van der Waals surface area contributed by atoms with Gasteiger partial charge in [0.2, 0.25) is 21.8 Å². The molecule has 0 heterocycles. The van der Waals surface area contributed by atoms with Gasteiger partial charge in [-0.1, -0.05) is 65.7 Å². The van der Waals surface area contributed by atoms with Crippen LogP contribution in [0.1, 0.15) is 48.9 Å². The van der Waals surface area contributed by atoms with Crippen molar-refractivity contribution in [2.24, 2.45) is 0 Å². The molecule has 3 rings (SSSR count). The van der Waals surface area contributed by atoms with E-state index < -0.39 is 16.1 Å². The number of nitrogens with one attached hydrogen (secondary N) is 1. The van der Waals surface area contributed by atoms with Gasteiger partial charge in [0.15, 0.2) is 0 Å². The van der Waals surface area contributed by atoms with Crippen molar-refractivity contribution in [2.45, 2.75) is 65.6 Å². The van der Waals surface area contributed by atoms with Crippen molar-refractivity contribution in [1.29, 1.82) is 0 Å². The van der Waals surface area contributed by atoms with Crippen LogP contribution in [-0.2, 0) is 32.6 Å². The zero-order valence-corrected chi connectivity index (χ0v) is 27.1. The smallest absolute Gasteiger partial charge is 0.243 e. The Morgan fingerprint density at radius 2 is 1.50 bits per heavy atom. The molecule has 1 N–H and O–H groups in total. The van der Waals surface area contributed by atoms with Gasteiger partial charge >= 0.3 is 0 Å². The first-order valence-corrected chi connectivity index (χ1v) is 16.5. The lowest BCUT2D eigenvalue weighted by Gasteiger charge is -2.33. The van der Waals surface area contributed by atoms with Crippen molar-refractivity contribution in [3.05, 3.63) is 99.0 Å². The first kappa shape index (κ1) is 33.4. The summed E-state index contributed by atoms with van der Waals surface area (Å²) in [5.41, 5.74) is 3.87. The van der Waals surface area contributed by atoms with E-state index >= 15 is 0 Å². The Labute approximate surface area is 259 Å². The molecular formula is C32H39Cl2N3O4S. The number of rotatable bonds is 13. The number of hydrogen-bond acceptors (Lipinski definition) is 4. The van der Waals surface area contributed by atoms with Gasteiger partial charge in [0.25, 0.3) is 0 Å². The minimum absolute atomic E-state index is 0.0130. The predicted octanol–water partition coefficient (Wildman–Crippen LogP) is 6.32. The molecule has 0 aliphatic rings. The summed E-state index contributed by atoms with van der Waals surface area (Å²) in [6.07, 6.45) is 1.70. The van der Waals surface area contributed by atoms with E-state index in [0.29, 0.717) is 21.3 Å². The Hall–Kier alpha value is -3.07. The fourth-order valence-corrected chi connectivity index (χ4v) is 6.35. The summed E-state index contributed by atoms with van der Waals surface area (Å²) in [6, 6.07) is 19.2. The van der Waals surface area contributed by atoms with E-state index in [1.807, 2.05) is 76.2 Å². The lowest BCUT2D eigenvalue weighted by atomic mass is 10.0. The van der Waals surface area contributed by atoms with E-state index in [4.69, 9.17) is 23.2 Å². The molecule has 1 atom stereocenters. The minimum atomic E-state index is -3.60. The maximum absolute atomic E-state index is 14.0. The molecule has 0 unspecified atom stereocenters. The van der Waals surface area contributed by atoms with Crippen LogP contribution >= 0.6 is 23.2 Å². The monoisotopic (exact) mass is 631 g/mol. The van der Waals surface area contributed by atoms with E-state index in [1.54, 1.807) is 18.2 Å². The van der Waals surface area contributed by atoms with Crippen LogP contribution in [-0.4, -0.2) is 50.0 Å². The third kappa shape index (κ3) is 9.48. The van der Waals surface area contributed by atoms with Gasteiger partial charge in [0.1, 0.15) is 6.04 Å². The SMILES string of the molecule is Cc1cc(C)cc(N(CCCC(=O)N(Cc2c(Cl)cccc2Cl)[C@H](Cc2ccccc2)C(=O)NC(C)C)S(C)(=O)=O)c1. The molecule has 0 saturated carbocycles. The van der Waals surface area contributed by atoms with Crippen LogP contribution in [0.15, 0.2) is 66.7 Å². The highest BCUT2D eigenvalue weighted by molar-refractivity contribution is 7.92. The molecule has 2 amide bonds. The maximum Gasteiger partial charge on any atom is 0.243 e. The minimum Gasteiger partial charge on any atom is -0.352 e. The summed E-state index contributed by atoms with van der Waals surface area (Å²) in [7, 11) is -3.60. The third-order valence-electron chi connectivity index (χ3n) is 6.74. The number of hydrogen-bond donors (Lipinski definition) is 1. The number of nitrogens with zero attached hydrogens (tertiary/aromatic N) is 2. The van der Waals surface area contributed by atoms with Gasteiger partial charge in [0.05, 0.1) is 11.9 Å². The van der Waals surface area contributed by atoms with Crippen molar-refractivity contribution in [3.63, 3.8) is 0 Å². The second kappa shape index (κ2) is 14.9. The topological polar surface area (TPSA) is 86.8 Å². The number of carbonyl (C=O) groups is 2. The molecule has 0 aliphatic heterocycles. The molecular weight excluding hydrogens is 593 g/mol. The lowest BCUT2D eigenvalue weighted by molar-refractivity contribution is -0.141. The number of halogens is 2. The van der Waals surface area contributed by atoms with E-state index in [-0.39, 0.29) is 50.2 Å². The molecule has 7 nitrogen and oxygen atoms in total. The van der Waals surface area contributed by atoms with E-state index in [1.165, 1.54) is 9.21 Å². The van der Waals surface area contributed by atoms with E-state index in [0.717, 1.165) is 22.9 Å². The molecule has 0 spiro atoms. The summed E-state index contributed by atoms with van der Waals surface area (Å²) in [6.45, 7) is 7.67. The molecule has 0 radical (unpaired) electrons. The summed E-state index contributed by atoms with van der Waals surface area (Å²) in [5.74, 6) is -0.599. The van der Waals surface area contributed by atoms with E-state index in [9.17, 15) is 18.0 Å². The highest BCUT2D eigenvalue weighted by Gasteiger charge is 2.31. The summed E-state index contributed by atoms with van der Waals surface area (Å²) < 4.78 is 26.8. The van der Waals surface area contributed by atoms with Gasteiger partial charge in [-0.05, 0) is 75.1 Å². The summed E-state index contributed by atoms with van der Waals surface area (Å²) in [4.78, 5) is 29.0. The third-order valence-corrected chi connectivity index (χ3v) is 8.64. The maximum atomic E-state index is 14.0. The zero-order valence-electron chi connectivity index (χ0n) is 24.7. The summed E-state index contributed by atoms with van der Waals surface area (Å²) >= 11 is 13.0. The molecule has 0 fully saturated rings. The number of carbonyl (C=O) groups excluding carboxylic acids is 2. The van der Waals surface area contributed by atoms with Crippen molar-refractivity contribution in [1.82, 2.24) is 10.2 Å². The molecule has 3 aromatic carbocycles. The average Bonchev–Trinajstić information content (AvgIpc) is 2.88. The second-order valence-corrected chi connectivity index (χ2v) is 13.6. The van der Waals surface area contributed by atoms with E-state index in [2.05, 4.69) is 5.32 Å². The molecule has 0 bridgehead atoms. The van der Waals surface area contributed by atoms with Gasteiger partial charge in [0, 0.05) is 47.6 Å². The lowest BCUT2D eigenvalue weighted by Crippen LogP contribution is -2.52. The number of aryl methyl sites for hydroxylation is 2. The number of benzene rings is 3. The Kier molecular flexibility index (Phi) is 11.9. The van der Waals surface area contributed by atoms with Crippen LogP contribution in [0.5, 0.6) is 0 Å². The molecule has 0 aromatic heterocycles.